The third-order valence-electron chi connectivity index (χ3n) is 5.11. The summed E-state index contributed by atoms with van der Waals surface area (Å²) < 4.78 is 0. The number of pyridine rings is 1. The van der Waals surface area contributed by atoms with Gasteiger partial charge in [0.2, 0.25) is 0 Å². The van der Waals surface area contributed by atoms with Crippen LogP contribution in [-0.2, 0) is 9.59 Å². The third-order valence-corrected chi connectivity index (χ3v) is 5.11. The van der Waals surface area contributed by atoms with Gasteiger partial charge in [0.05, 0.1) is 17.9 Å². The lowest BCUT2D eigenvalue weighted by Gasteiger charge is -2.36. The standard InChI is InChI=1S/C21H27N5O2/c1-14-11-16(13-23-19(14)22)24-20(27)21(28)26-10-5-4-9-18(26)15-7-6-8-17(12-15)25(2)3/h6-8,11-13,18H,4-5,9-10H2,1-3H3,(H2,22,23)(H,24,27)/t18-/m1/s1. The summed E-state index contributed by atoms with van der Waals surface area (Å²) in [4.78, 5) is 33.2. The molecule has 148 valence electrons. The van der Waals surface area contributed by atoms with Gasteiger partial charge >= 0.3 is 11.8 Å². The zero-order valence-electron chi connectivity index (χ0n) is 16.6. The van der Waals surface area contributed by atoms with Crippen LogP contribution in [-0.4, -0.2) is 42.3 Å². The number of hydrogen-bond donors (Lipinski definition) is 2. The van der Waals surface area contributed by atoms with Crippen LogP contribution in [0.2, 0.25) is 0 Å². The molecule has 1 atom stereocenters. The Morgan fingerprint density at radius 2 is 2.04 bits per heavy atom. The van der Waals surface area contributed by atoms with E-state index in [1.165, 1.54) is 6.20 Å². The van der Waals surface area contributed by atoms with Gasteiger partial charge in [-0.05, 0) is 55.5 Å². The highest BCUT2D eigenvalue weighted by Crippen LogP contribution is 2.32. The van der Waals surface area contributed by atoms with E-state index in [1.54, 1.807) is 17.9 Å². The molecule has 0 spiro atoms. The van der Waals surface area contributed by atoms with Crippen molar-refractivity contribution in [2.24, 2.45) is 0 Å². The zero-order chi connectivity index (χ0) is 20.3. The van der Waals surface area contributed by atoms with Crippen LogP contribution < -0.4 is 16.0 Å². The van der Waals surface area contributed by atoms with E-state index in [4.69, 9.17) is 5.73 Å². The van der Waals surface area contributed by atoms with Gasteiger partial charge in [0, 0.05) is 26.3 Å². The smallest absolute Gasteiger partial charge is 0.313 e. The van der Waals surface area contributed by atoms with Crippen LogP contribution in [0.25, 0.3) is 0 Å². The minimum atomic E-state index is -0.651. The summed E-state index contributed by atoms with van der Waals surface area (Å²) in [5.74, 6) is -0.766. The first-order valence-corrected chi connectivity index (χ1v) is 9.48. The lowest BCUT2D eigenvalue weighted by Crippen LogP contribution is -2.44. The monoisotopic (exact) mass is 381 g/mol. The van der Waals surface area contributed by atoms with Crippen molar-refractivity contribution in [2.45, 2.75) is 32.2 Å². The molecule has 0 aliphatic carbocycles. The van der Waals surface area contributed by atoms with Gasteiger partial charge in [0.1, 0.15) is 5.82 Å². The molecule has 1 saturated heterocycles. The molecule has 1 aliphatic heterocycles. The van der Waals surface area contributed by atoms with Gasteiger partial charge < -0.3 is 20.9 Å². The maximum atomic E-state index is 12.9. The molecule has 1 aliphatic rings. The second-order valence-electron chi connectivity index (χ2n) is 7.38. The van der Waals surface area contributed by atoms with Crippen molar-refractivity contribution in [3.05, 3.63) is 47.7 Å². The quantitative estimate of drug-likeness (QED) is 0.798. The van der Waals surface area contributed by atoms with Gasteiger partial charge in [-0.25, -0.2) is 4.98 Å². The second kappa shape index (κ2) is 8.29. The Labute approximate surface area is 165 Å². The summed E-state index contributed by atoms with van der Waals surface area (Å²) >= 11 is 0. The van der Waals surface area contributed by atoms with Crippen LogP contribution in [0.15, 0.2) is 36.5 Å². The summed E-state index contributed by atoms with van der Waals surface area (Å²) in [7, 11) is 3.97. The number of piperidine rings is 1. The van der Waals surface area contributed by atoms with Gasteiger partial charge in [0.15, 0.2) is 0 Å². The van der Waals surface area contributed by atoms with Crippen LogP contribution in [0.5, 0.6) is 0 Å². The Bertz CT molecular complexity index is 881. The number of nitrogen functional groups attached to an aromatic ring is 1. The average Bonchev–Trinajstić information content (AvgIpc) is 2.70. The lowest BCUT2D eigenvalue weighted by atomic mass is 9.94. The molecule has 3 N–H and O–H groups in total. The Morgan fingerprint density at radius 3 is 2.75 bits per heavy atom. The molecular formula is C21H27N5O2. The second-order valence-corrected chi connectivity index (χ2v) is 7.38. The van der Waals surface area contributed by atoms with E-state index in [0.29, 0.717) is 18.1 Å². The molecule has 28 heavy (non-hydrogen) atoms. The lowest BCUT2D eigenvalue weighted by molar-refractivity contribution is -0.145. The predicted octanol–water partition coefficient (Wildman–Crippen LogP) is 2.73. The molecule has 1 aromatic carbocycles. The number of nitrogens with one attached hydrogen (secondary N) is 1. The third kappa shape index (κ3) is 4.24. The molecule has 7 heteroatoms. The highest BCUT2D eigenvalue weighted by atomic mass is 16.2. The van der Waals surface area contributed by atoms with Crippen LogP contribution in [0.1, 0.15) is 36.4 Å². The first kappa shape index (κ1) is 19.7. The summed E-state index contributed by atoms with van der Waals surface area (Å²) in [6, 6.07) is 9.74. The molecule has 1 aromatic heterocycles. The van der Waals surface area contributed by atoms with Gasteiger partial charge in [-0.1, -0.05) is 12.1 Å². The summed E-state index contributed by atoms with van der Waals surface area (Å²) in [5.41, 5.74) is 9.05. The molecule has 0 radical (unpaired) electrons. The van der Waals surface area contributed by atoms with Gasteiger partial charge in [-0.2, -0.15) is 0 Å². The maximum Gasteiger partial charge on any atom is 0.313 e. The number of aryl methyl sites for hydroxylation is 1. The highest BCUT2D eigenvalue weighted by molar-refractivity contribution is 6.39. The number of carbonyl (C=O) groups is 2. The first-order chi connectivity index (χ1) is 13.4. The normalized spacial score (nSPS) is 16.5. The first-order valence-electron chi connectivity index (χ1n) is 9.48. The Kier molecular flexibility index (Phi) is 5.82. The van der Waals surface area contributed by atoms with Gasteiger partial charge in [-0.15, -0.1) is 0 Å². The molecular weight excluding hydrogens is 354 g/mol. The molecule has 2 heterocycles. The number of likely N-dealkylation sites (tertiary alicyclic amines) is 1. The van der Waals surface area contributed by atoms with Crippen molar-refractivity contribution in [1.82, 2.24) is 9.88 Å². The Hall–Kier alpha value is -3.09. The van der Waals surface area contributed by atoms with Gasteiger partial charge in [-0.3, -0.25) is 9.59 Å². The number of anilines is 3. The van der Waals surface area contributed by atoms with E-state index in [2.05, 4.69) is 16.4 Å². The van der Waals surface area contributed by atoms with E-state index in [1.807, 2.05) is 37.2 Å². The molecule has 2 amide bonds. The van der Waals surface area contributed by atoms with E-state index < -0.39 is 11.8 Å². The fourth-order valence-electron chi connectivity index (χ4n) is 3.50. The highest BCUT2D eigenvalue weighted by Gasteiger charge is 2.32. The number of carbonyl (C=O) groups excluding carboxylic acids is 2. The minimum Gasteiger partial charge on any atom is -0.383 e. The average molecular weight is 381 g/mol. The zero-order valence-corrected chi connectivity index (χ0v) is 16.6. The number of benzene rings is 1. The molecule has 2 aromatic rings. The van der Waals surface area contributed by atoms with E-state index in [0.717, 1.165) is 36.1 Å². The fourth-order valence-corrected chi connectivity index (χ4v) is 3.50. The van der Waals surface area contributed by atoms with Crippen LogP contribution in [0.3, 0.4) is 0 Å². The molecule has 7 nitrogen and oxygen atoms in total. The fraction of sp³-hybridized carbons (Fsp3) is 0.381. The van der Waals surface area contributed by atoms with E-state index in [9.17, 15) is 9.59 Å². The number of amides is 2. The molecule has 1 fully saturated rings. The van der Waals surface area contributed by atoms with E-state index >= 15 is 0 Å². The van der Waals surface area contributed by atoms with Crippen LogP contribution in [0, 0.1) is 6.92 Å². The van der Waals surface area contributed by atoms with E-state index in [-0.39, 0.29) is 6.04 Å². The molecule has 3 rings (SSSR count). The van der Waals surface area contributed by atoms with Crippen molar-refractivity contribution >= 4 is 29.0 Å². The topological polar surface area (TPSA) is 91.6 Å². The Morgan fingerprint density at radius 1 is 1.25 bits per heavy atom. The number of aromatic nitrogens is 1. The summed E-state index contributed by atoms with van der Waals surface area (Å²) in [6.45, 7) is 2.38. The Balaban J connectivity index is 1.79. The van der Waals surface area contributed by atoms with Crippen molar-refractivity contribution in [2.75, 3.05) is 36.6 Å². The molecule has 0 unspecified atom stereocenters. The van der Waals surface area contributed by atoms with Crippen LogP contribution in [0.4, 0.5) is 17.2 Å². The predicted molar refractivity (Wildman–Crippen MR) is 111 cm³/mol. The summed E-state index contributed by atoms with van der Waals surface area (Å²) in [6.07, 6.45) is 4.23. The van der Waals surface area contributed by atoms with Crippen molar-refractivity contribution in [3.8, 4) is 0 Å². The number of rotatable bonds is 3. The molecule has 0 bridgehead atoms. The molecule has 0 saturated carbocycles. The minimum absolute atomic E-state index is 0.0989. The number of hydrogen-bond acceptors (Lipinski definition) is 5. The largest absolute Gasteiger partial charge is 0.383 e. The van der Waals surface area contributed by atoms with Gasteiger partial charge in [0.25, 0.3) is 0 Å². The number of nitrogens with zero attached hydrogens (tertiary/aromatic N) is 3. The van der Waals surface area contributed by atoms with Crippen molar-refractivity contribution < 1.29 is 9.59 Å². The summed E-state index contributed by atoms with van der Waals surface area (Å²) in [5, 5.41) is 2.65. The van der Waals surface area contributed by atoms with Crippen LogP contribution >= 0.6 is 0 Å². The number of nitrogens with two attached hydrogens (primary N) is 1. The van der Waals surface area contributed by atoms with Crippen molar-refractivity contribution in [3.63, 3.8) is 0 Å². The SMILES string of the molecule is Cc1cc(NC(=O)C(=O)N2CCCC[C@@H]2c2cccc(N(C)C)c2)cnc1N. The maximum absolute atomic E-state index is 12.9. The van der Waals surface area contributed by atoms with Crippen molar-refractivity contribution in [1.29, 1.82) is 0 Å².